The molecule has 0 unspecified atom stereocenters. The van der Waals surface area contributed by atoms with E-state index < -0.39 is 5.60 Å². The Morgan fingerprint density at radius 3 is 2.57 bits per heavy atom. The third-order valence-corrected chi connectivity index (χ3v) is 5.98. The predicted molar refractivity (Wildman–Crippen MR) is 116 cm³/mol. The molecule has 0 atom stereocenters. The van der Waals surface area contributed by atoms with Crippen LogP contribution in [0.3, 0.4) is 0 Å². The van der Waals surface area contributed by atoms with E-state index in [1.54, 1.807) is 13.0 Å². The summed E-state index contributed by atoms with van der Waals surface area (Å²) in [5, 5.41) is 10.8. The van der Waals surface area contributed by atoms with Gasteiger partial charge in [0.15, 0.2) is 0 Å². The molecule has 1 saturated carbocycles. The minimum atomic E-state index is -0.997. The quantitative estimate of drug-likeness (QED) is 0.700. The number of nitrogens with zero attached hydrogens (tertiary/aromatic N) is 2. The monoisotopic (exact) mass is 414 g/mol. The highest BCUT2D eigenvalue weighted by molar-refractivity contribution is 5.80. The highest BCUT2D eigenvalue weighted by Gasteiger charge is 2.36. The molecule has 5 nitrogen and oxygen atoms in total. The zero-order chi connectivity index (χ0) is 21.9. The highest BCUT2D eigenvalue weighted by Crippen LogP contribution is 2.41. The molecular formula is C24H31FN2O3. The zero-order valence-electron chi connectivity index (χ0n) is 18.2. The molecule has 6 heteroatoms. The molecule has 1 heterocycles. The summed E-state index contributed by atoms with van der Waals surface area (Å²) in [5.41, 5.74) is 3.83. The fourth-order valence-electron chi connectivity index (χ4n) is 4.30. The summed E-state index contributed by atoms with van der Waals surface area (Å²) in [7, 11) is 3.93. The van der Waals surface area contributed by atoms with Crippen molar-refractivity contribution in [1.29, 1.82) is 0 Å². The number of anilines is 1. The van der Waals surface area contributed by atoms with Gasteiger partial charge in [0.2, 0.25) is 0 Å². The van der Waals surface area contributed by atoms with Crippen LogP contribution in [0.25, 0.3) is 11.1 Å². The third kappa shape index (κ3) is 4.98. The summed E-state index contributed by atoms with van der Waals surface area (Å²) in [5.74, 6) is -0.380. The number of esters is 1. The lowest BCUT2D eigenvalue weighted by Gasteiger charge is -2.35. The van der Waals surface area contributed by atoms with E-state index in [2.05, 4.69) is 6.07 Å². The number of benzene rings is 1. The summed E-state index contributed by atoms with van der Waals surface area (Å²) in [6, 6.07) is 6.94. The summed E-state index contributed by atoms with van der Waals surface area (Å²) in [6.07, 6.45) is 4.50. The van der Waals surface area contributed by atoms with Crippen LogP contribution in [0, 0.1) is 12.7 Å². The number of pyridine rings is 1. The molecule has 2 aromatic rings. The maximum absolute atomic E-state index is 13.6. The number of carbonyl (C=O) groups is 1. The molecule has 0 radical (unpaired) electrons. The van der Waals surface area contributed by atoms with Gasteiger partial charge in [0.05, 0.1) is 30.5 Å². The molecule has 0 spiro atoms. The smallest absolute Gasteiger partial charge is 0.308 e. The van der Waals surface area contributed by atoms with Crippen molar-refractivity contribution in [2.75, 3.05) is 25.6 Å². The van der Waals surface area contributed by atoms with Crippen molar-refractivity contribution < 1.29 is 19.0 Å². The second-order valence-corrected chi connectivity index (χ2v) is 8.46. The highest BCUT2D eigenvalue weighted by atomic mass is 19.1. The molecule has 3 rings (SSSR count). The second kappa shape index (κ2) is 9.13. The van der Waals surface area contributed by atoms with Crippen molar-refractivity contribution in [3.05, 3.63) is 47.5 Å². The number of rotatable bonds is 6. The van der Waals surface area contributed by atoms with Crippen molar-refractivity contribution in [3.63, 3.8) is 0 Å². The van der Waals surface area contributed by atoms with E-state index >= 15 is 0 Å². The molecule has 1 aromatic heterocycles. The Kier molecular flexibility index (Phi) is 6.76. The molecule has 1 aliphatic rings. The predicted octanol–water partition coefficient (Wildman–Crippen LogP) is 4.60. The van der Waals surface area contributed by atoms with E-state index in [4.69, 9.17) is 9.72 Å². The summed E-state index contributed by atoms with van der Waals surface area (Å²) < 4.78 is 18.6. The Morgan fingerprint density at radius 2 is 1.97 bits per heavy atom. The molecule has 1 fully saturated rings. The molecule has 30 heavy (non-hydrogen) atoms. The van der Waals surface area contributed by atoms with E-state index in [0.717, 1.165) is 40.9 Å². The van der Waals surface area contributed by atoms with E-state index in [0.29, 0.717) is 19.4 Å². The molecular weight excluding hydrogens is 383 g/mol. The van der Waals surface area contributed by atoms with Crippen LogP contribution in [0.5, 0.6) is 0 Å². The van der Waals surface area contributed by atoms with Crippen molar-refractivity contribution >= 4 is 11.7 Å². The number of halogens is 1. The van der Waals surface area contributed by atoms with E-state index in [1.165, 1.54) is 6.07 Å². The van der Waals surface area contributed by atoms with Crippen molar-refractivity contribution in [2.45, 2.75) is 57.5 Å². The van der Waals surface area contributed by atoms with E-state index in [1.807, 2.05) is 38.2 Å². The van der Waals surface area contributed by atoms with Crippen molar-refractivity contribution in [1.82, 2.24) is 4.98 Å². The molecule has 162 valence electrons. The SMILES string of the molecule is CCOC(=O)CC1(O)CCC(c2cc(-c3ccc(F)cc3C)c(N(C)C)cn2)CC1. The second-order valence-electron chi connectivity index (χ2n) is 8.46. The zero-order valence-corrected chi connectivity index (χ0v) is 18.2. The Bertz CT molecular complexity index is 905. The lowest BCUT2D eigenvalue weighted by molar-refractivity contribution is -0.150. The Morgan fingerprint density at radius 1 is 1.27 bits per heavy atom. The number of ether oxygens (including phenoxy) is 1. The Balaban J connectivity index is 1.83. The minimum absolute atomic E-state index is 0.0422. The van der Waals surface area contributed by atoms with Crippen LogP contribution in [0.4, 0.5) is 10.1 Å². The first-order valence-electron chi connectivity index (χ1n) is 10.5. The fourth-order valence-corrected chi connectivity index (χ4v) is 4.30. The van der Waals surface area contributed by atoms with Crippen LogP contribution in [-0.4, -0.2) is 42.4 Å². The Labute approximate surface area is 177 Å². The number of aliphatic hydroxyl groups is 1. The van der Waals surface area contributed by atoms with Gasteiger partial charge in [-0.2, -0.15) is 0 Å². The molecule has 0 aliphatic heterocycles. The topological polar surface area (TPSA) is 62.7 Å². The fraction of sp³-hybridized carbons (Fsp3) is 0.500. The average Bonchev–Trinajstić information content (AvgIpc) is 2.68. The lowest BCUT2D eigenvalue weighted by atomic mass is 9.75. The summed E-state index contributed by atoms with van der Waals surface area (Å²) >= 11 is 0. The van der Waals surface area contributed by atoms with Crippen LogP contribution in [0.15, 0.2) is 30.5 Å². The van der Waals surface area contributed by atoms with Crippen LogP contribution in [-0.2, 0) is 9.53 Å². The number of aryl methyl sites for hydroxylation is 1. The molecule has 1 N–H and O–H groups in total. The first-order chi connectivity index (χ1) is 14.2. The molecule has 1 aromatic carbocycles. The molecule has 1 aliphatic carbocycles. The van der Waals surface area contributed by atoms with Crippen LogP contribution in [0.2, 0.25) is 0 Å². The van der Waals surface area contributed by atoms with E-state index in [-0.39, 0.29) is 24.1 Å². The number of hydrogen-bond acceptors (Lipinski definition) is 5. The van der Waals surface area contributed by atoms with Crippen molar-refractivity contribution in [3.8, 4) is 11.1 Å². The maximum Gasteiger partial charge on any atom is 0.308 e. The number of carbonyl (C=O) groups excluding carboxylic acids is 1. The first kappa shape index (κ1) is 22.2. The van der Waals surface area contributed by atoms with E-state index in [9.17, 15) is 14.3 Å². The summed E-state index contributed by atoms with van der Waals surface area (Å²) in [4.78, 5) is 18.5. The van der Waals surface area contributed by atoms with Crippen LogP contribution >= 0.6 is 0 Å². The van der Waals surface area contributed by atoms with Gasteiger partial charge in [0.25, 0.3) is 0 Å². The van der Waals surface area contributed by atoms with Gasteiger partial charge in [0, 0.05) is 31.3 Å². The van der Waals surface area contributed by atoms with Gasteiger partial charge >= 0.3 is 5.97 Å². The standard InChI is InChI=1S/C24H31FN2O3/c1-5-30-23(28)14-24(29)10-8-17(9-11-24)21-13-20(22(15-26-21)27(3)4)19-7-6-18(25)12-16(19)2/h6-7,12-13,15,17,29H,5,8-11,14H2,1-4H3. The van der Waals surface area contributed by atoms with Gasteiger partial charge in [-0.05, 0) is 68.9 Å². The molecule has 0 bridgehead atoms. The van der Waals surface area contributed by atoms with Gasteiger partial charge in [-0.25, -0.2) is 4.39 Å². The van der Waals surface area contributed by atoms with Gasteiger partial charge in [-0.15, -0.1) is 0 Å². The number of hydrogen-bond donors (Lipinski definition) is 1. The summed E-state index contributed by atoms with van der Waals surface area (Å²) in [6.45, 7) is 4.00. The average molecular weight is 415 g/mol. The van der Waals surface area contributed by atoms with Crippen LogP contribution < -0.4 is 4.90 Å². The van der Waals surface area contributed by atoms with Gasteiger partial charge < -0.3 is 14.7 Å². The van der Waals surface area contributed by atoms with Crippen LogP contribution in [0.1, 0.15) is 56.2 Å². The maximum atomic E-state index is 13.6. The number of aromatic nitrogens is 1. The minimum Gasteiger partial charge on any atom is -0.466 e. The van der Waals surface area contributed by atoms with Gasteiger partial charge in [0.1, 0.15) is 5.82 Å². The third-order valence-electron chi connectivity index (χ3n) is 5.98. The van der Waals surface area contributed by atoms with Gasteiger partial charge in [-0.1, -0.05) is 6.07 Å². The Hall–Kier alpha value is -2.47. The van der Waals surface area contributed by atoms with Gasteiger partial charge in [-0.3, -0.25) is 9.78 Å². The first-order valence-corrected chi connectivity index (χ1v) is 10.5. The largest absolute Gasteiger partial charge is 0.466 e. The van der Waals surface area contributed by atoms with Crippen molar-refractivity contribution in [2.24, 2.45) is 0 Å². The molecule has 0 saturated heterocycles. The normalized spacial score (nSPS) is 21.3. The lowest BCUT2D eigenvalue weighted by Crippen LogP contribution is -2.36. The molecule has 0 amide bonds.